The van der Waals surface area contributed by atoms with Crippen LogP contribution in [0, 0.1) is 0 Å². The molecular weight excluding hydrogens is 336 g/mol. The Labute approximate surface area is 131 Å². The molecule has 126 valence electrons. The minimum Gasteiger partial charge on any atom is -0.326 e. The molecule has 0 aliphatic carbocycles. The van der Waals surface area contributed by atoms with Crippen LogP contribution in [0.5, 0.6) is 0 Å². The van der Waals surface area contributed by atoms with E-state index < -0.39 is 23.5 Å². The smallest absolute Gasteiger partial charge is 0.326 e. The van der Waals surface area contributed by atoms with Crippen molar-refractivity contribution in [1.29, 1.82) is 0 Å². The summed E-state index contributed by atoms with van der Waals surface area (Å²) in [6.07, 6.45) is -9.79. The molecule has 0 unspecified atom stereocenters. The number of imidazole rings is 1. The number of benzene rings is 2. The largest absolute Gasteiger partial charge is 0.416 e. The summed E-state index contributed by atoms with van der Waals surface area (Å²) < 4.78 is 76.9. The Morgan fingerprint density at radius 2 is 1.42 bits per heavy atom. The van der Waals surface area contributed by atoms with Gasteiger partial charge >= 0.3 is 12.4 Å². The van der Waals surface area contributed by atoms with Crippen LogP contribution in [-0.2, 0) is 12.4 Å². The second kappa shape index (κ2) is 5.43. The van der Waals surface area contributed by atoms with Crippen LogP contribution in [0.3, 0.4) is 0 Å². The Morgan fingerprint density at radius 1 is 0.833 bits per heavy atom. The third-order valence-electron chi connectivity index (χ3n) is 3.24. The molecule has 0 radical (unpaired) electrons. The van der Waals surface area contributed by atoms with E-state index in [1.807, 2.05) is 0 Å². The molecule has 0 saturated carbocycles. The molecule has 0 atom stereocenters. The first kappa shape index (κ1) is 16.2. The summed E-state index contributed by atoms with van der Waals surface area (Å²) in [4.78, 5) is 6.84. The lowest BCUT2D eigenvalue weighted by Gasteiger charge is -2.14. The average Bonchev–Trinajstić information content (AvgIpc) is 2.87. The summed E-state index contributed by atoms with van der Waals surface area (Å²) in [6, 6.07) is 8.04. The summed E-state index contributed by atoms with van der Waals surface area (Å²) in [5, 5.41) is 2.45. The fraction of sp³-hybridized carbons (Fsp3) is 0.133. The van der Waals surface area contributed by atoms with Crippen LogP contribution < -0.4 is 5.32 Å². The SMILES string of the molecule is FC(F)(F)c1cc(Nc2nc3ccccc3[nH]2)cc(C(F)(F)F)c1. The Hall–Kier alpha value is -2.71. The molecule has 24 heavy (non-hydrogen) atoms. The number of alkyl halides is 6. The molecule has 0 saturated heterocycles. The zero-order valence-electron chi connectivity index (χ0n) is 11.8. The lowest BCUT2D eigenvalue weighted by molar-refractivity contribution is -0.143. The van der Waals surface area contributed by atoms with Crippen LogP contribution in [0.25, 0.3) is 11.0 Å². The van der Waals surface area contributed by atoms with Gasteiger partial charge < -0.3 is 10.3 Å². The summed E-state index contributed by atoms with van der Waals surface area (Å²) >= 11 is 0. The van der Waals surface area contributed by atoms with E-state index in [4.69, 9.17) is 0 Å². The molecule has 1 aromatic heterocycles. The number of aromatic nitrogens is 2. The number of hydrogen-bond acceptors (Lipinski definition) is 2. The molecule has 9 heteroatoms. The number of halogens is 6. The van der Waals surface area contributed by atoms with E-state index in [1.54, 1.807) is 24.3 Å². The van der Waals surface area contributed by atoms with Gasteiger partial charge in [-0.05, 0) is 30.3 Å². The molecular formula is C15H9F6N3. The zero-order chi connectivity index (χ0) is 17.5. The quantitative estimate of drug-likeness (QED) is 0.615. The molecule has 3 nitrogen and oxygen atoms in total. The van der Waals surface area contributed by atoms with Crippen LogP contribution in [0.4, 0.5) is 38.0 Å². The van der Waals surface area contributed by atoms with Gasteiger partial charge in [0, 0.05) is 5.69 Å². The molecule has 0 amide bonds. The maximum absolute atomic E-state index is 12.8. The number of fused-ring (bicyclic) bond motifs is 1. The molecule has 0 spiro atoms. The fourth-order valence-electron chi connectivity index (χ4n) is 2.18. The first-order chi connectivity index (χ1) is 11.1. The number of hydrogen-bond donors (Lipinski definition) is 2. The predicted molar refractivity (Wildman–Crippen MR) is 75.8 cm³/mol. The van der Waals surface area contributed by atoms with Crippen LogP contribution in [0.15, 0.2) is 42.5 Å². The summed E-state index contributed by atoms with van der Waals surface area (Å²) in [5.74, 6) is 0.0450. The molecule has 1 heterocycles. The Kier molecular flexibility index (Phi) is 3.66. The maximum Gasteiger partial charge on any atom is 0.416 e. The summed E-state index contributed by atoms with van der Waals surface area (Å²) in [5.41, 5.74) is -2.02. The third-order valence-corrected chi connectivity index (χ3v) is 3.24. The van der Waals surface area contributed by atoms with E-state index >= 15 is 0 Å². The number of anilines is 2. The molecule has 0 fully saturated rings. The highest BCUT2D eigenvalue weighted by molar-refractivity contribution is 5.78. The highest BCUT2D eigenvalue weighted by Gasteiger charge is 2.37. The second-order valence-electron chi connectivity index (χ2n) is 5.02. The predicted octanol–water partition coefficient (Wildman–Crippen LogP) is 5.34. The van der Waals surface area contributed by atoms with Gasteiger partial charge in [-0.1, -0.05) is 12.1 Å². The van der Waals surface area contributed by atoms with Gasteiger partial charge in [0.25, 0.3) is 0 Å². The normalized spacial score (nSPS) is 12.6. The van der Waals surface area contributed by atoms with Crippen molar-refractivity contribution < 1.29 is 26.3 Å². The van der Waals surface area contributed by atoms with E-state index in [1.165, 1.54) is 0 Å². The van der Waals surface area contributed by atoms with Crippen molar-refractivity contribution in [2.75, 3.05) is 5.32 Å². The highest BCUT2D eigenvalue weighted by Crippen LogP contribution is 2.38. The van der Waals surface area contributed by atoms with Crippen molar-refractivity contribution in [3.8, 4) is 0 Å². The van der Waals surface area contributed by atoms with Gasteiger partial charge in [0.15, 0.2) is 0 Å². The molecule has 2 N–H and O–H groups in total. The Morgan fingerprint density at radius 3 is 1.96 bits per heavy atom. The van der Waals surface area contributed by atoms with Crippen molar-refractivity contribution in [1.82, 2.24) is 9.97 Å². The minimum absolute atomic E-state index is 0.0450. The van der Waals surface area contributed by atoms with Crippen LogP contribution >= 0.6 is 0 Å². The lowest BCUT2D eigenvalue weighted by atomic mass is 10.1. The number of aromatic amines is 1. The van der Waals surface area contributed by atoms with Gasteiger partial charge in [-0.15, -0.1) is 0 Å². The van der Waals surface area contributed by atoms with Gasteiger partial charge in [-0.3, -0.25) is 0 Å². The van der Waals surface area contributed by atoms with Crippen molar-refractivity contribution >= 4 is 22.7 Å². The standard InChI is InChI=1S/C15H9F6N3/c16-14(17,18)8-5-9(15(19,20)21)7-10(6-8)22-13-23-11-3-1-2-4-12(11)24-13/h1-7H,(H2,22,23,24). The fourth-order valence-corrected chi connectivity index (χ4v) is 2.18. The van der Waals surface area contributed by atoms with Crippen LogP contribution in [0.2, 0.25) is 0 Å². The average molecular weight is 345 g/mol. The van der Waals surface area contributed by atoms with E-state index in [9.17, 15) is 26.3 Å². The van der Waals surface area contributed by atoms with Crippen molar-refractivity contribution in [3.05, 3.63) is 53.6 Å². The van der Waals surface area contributed by atoms with Crippen molar-refractivity contribution in [2.24, 2.45) is 0 Å². The van der Waals surface area contributed by atoms with Gasteiger partial charge in [-0.25, -0.2) is 4.98 Å². The molecule has 0 aliphatic heterocycles. The number of H-pyrrole nitrogens is 1. The van der Waals surface area contributed by atoms with Crippen LogP contribution in [0.1, 0.15) is 11.1 Å². The summed E-state index contributed by atoms with van der Waals surface area (Å²) in [7, 11) is 0. The first-order valence-corrected chi connectivity index (χ1v) is 6.64. The van der Waals surface area contributed by atoms with E-state index in [0.717, 1.165) is 0 Å². The monoisotopic (exact) mass is 345 g/mol. The van der Waals surface area contributed by atoms with E-state index in [-0.39, 0.29) is 17.7 Å². The van der Waals surface area contributed by atoms with E-state index in [0.29, 0.717) is 23.2 Å². The number of rotatable bonds is 2. The molecule has 3 aromatic rings. The Balaban J connectivity index is 2.03. The number of para-hydroxylation sites is 2. The molecule has 0 aliphatic rings. The zero-order valence-corrected chi connectivity index (χ0v) is 11.8. The van der Waals surface area contributed by atoms with Gasteiger partial charge in [0.05, 0.1) is 22.2 Å². The minimum atomic E-state index is -4.90. The third kappa shape index (κ3) is 3.29. The first-order valence-electron chi connectivity index (χ1n) is 6.64. The highest BCUT2D eigenvalue weighted by atomic mass is 19.4. The van der Waals surface area contributed by atoms with Gasteiger partial charge in [0.1, 0.15) is 0 Å². The topological polar surface area (TPSA) is 40.7 Å². The van der Waals surface area contributed by atoms with E-state index in [2.05, 4.69) is 15.3 Å². The molecule has 2 aromatic carbocycles. The van der Waals surface area contributed by atoms with Crippen molar-refractivity contribution in [2.45, 2.75) is 12.4 Å². The molecule has 0 bridgehead atoms. The van der Waals surface area contributed by atoms with Gasteiger partial charge in [-0.2, -0.15) is 26.3 Å². The number of nitrogens with one attached hydrogen (secondary N) is 2. The van der Waals surface area contributed by atoms with Crippen LogP contribution in [-0.4, -0.2) is 9.97 Å². The number of nitrogens with zero attached hydrogens (tertiary/aromatic N) is 1. The molecule has 3 rings (SSSR count). The van der Waals surface area contributed by atoms with Crippen molar-refractivity contribution in [3.63, 3.8) is 0 Å². The van der Waals surface area contributed by atoms with Gasteiger partial charge in [0.2, 0.25) is 5.95 Å². The lowest BCUT2D eigenvalue weighted by Crippen LogP contribution is -2.11. The Bertz CT molecular complexity index is 814. The maximum atomic E-state index is 12.8. The second-order valence-corrected chi connectivity index (χ2v) is 5.02. The summed E-state index contributed by atoms with van der Waals surface area (Å²) in [6.45, 7) is 0.